The highest BCUT2D eigenvalue weighted by Crippen LogP contribution is 2.41. The normalized spacial score (nSPS) is 33.2. The summed E-state index contributed by atoms with van der Waals surface area (Å²) in [7, 11) is 0. The van der Waals surface area contributed by atoms with Gasteiger partial charge < -0.3 is 15.3 Å². The molecule has 1 saturated carbocycles. The van der Waals surface area contributed by atoms with Crippen molar-refractivity contribution < 1.29 is 14.7 Å². The molecule has 1 aliphatic carbocycles. The number of likely N-dealkylation sites (tertiary alicyclic amines) is 1. The van der Waals surface area contributed by atoms with Crippen molar-refractivity contribution >= 4 is 12.0 Å². The van der Waals surface area contributed by atoms with Gasteiger partial charge in [-0.25, -0.2) is 4.79 Å². The molecule has 0 aromatic heterocycles. The van der Waals surface area contributed by atoms with Crippen LogP contribution in [0.15, 0.2) is 0 Å². The molecule has 0 radical (unpaired) electrons. The molecule has 21 heavy (non-hydrogen) atoms. The molecule has 1 aliphatic heterocycles. The third-order valence-electron chi connectivity index (χ3n) is 4.99. The summed E-state index contributed by atoms with van der Waals surface area (Å²) >= 11 is 0. The molecule has 2 unspecified atom stereocenters. The summed E-state index contributed by atoms with van der Waals surface area (Å²) in [6, 6.07) is 0.160. The number of nitrogens with one attached hydrogen (secondary N) is 1. The van der Waals surface area contributed by atoms with Gasteiger partial charge in [-0.15, -0.1) is 0 Å². The smallest absolute Gasteiger partial charge is 0.317 e. The average molecular weight is 296 g/mol. The van der Waals surface area contributed by atoms with Gasteiger partial charge in [0.05, 0.1) is 5.92 Å². The molecule has 1 saturated heterocycles. The zero-order valence-electron chi connectivity index (χ0n) is 13.6. The monoisotopic (exact) mass is 296 g/mol. The van der Waals surface area contributed by atoms with Crippen LogP contribution in [-0.2, 0) is 4.79 Å². The van der Waals surface area contributed by atoms with Crippen molar-refractivity contribution in [2.45, 2.75) is 53.0 Å². The largest absolute Gasteiger partial charge is 0.481 e. The molecule has 2 rings (SSSR count). The van der Waals surface area contributed by atoms with E-state index >= 15 is 0 Å². The molecule has 0 spiro atoms. The van der Waals surface area contributed by atoms with Gasteiger partial charge >= 0.3 is 12.0 Å². The number of carboxylic acids is 1. The Bertz CT molecular complexity index is 410. The summed E-state index contributed by atoms with van der Waals surface area (Å²) in [5.74, 6) is -0.317. The lowest BCUT2D eigenvalue weighted by molar-refractivity contribution is -0.143. The van der Waals surface area contributed by atoms with Crippen LogP contribution < -0.4 is 5.32 Å². The van der Waals surface area contributed by atoms with Crippen LogP contribution in [-0.4, -0.2) is 41.1 Å². The molecule has 2 aliphatic rings. The number of aliphatic carboxylic acids is 1. The van der Waals surface area contributed by atoms with Gasteiger partial charge in [-0.1, -0.05) is 27.7 Å². The fourth-order valence-corrected chi connectivity index (χ4v) is 3.41. The summed E-state index contributed by atoms with van der Waals surface area (Å²) in [5, 5.41) is 12.2. The van der Waals surface area contributed by atoms with Crippen LogP contribution in [0.2, 0.25) is 0 Å². The molecule has 0 aromatic rings. The number of urea groups is 1. The number of hydrogen-bond donors (Lipinski definition) is 2. The highest BCUT2D eigenvalue weighted by molar-refractivity contribution is 5.77. The van der Waals surface area contributed by atoms with E-state index in [2.05, 4.69) is 26.1 Å². The van der Waals surface area contributed by atoms with Gasteiger partial charge in [-0.3, -0.25) is 4.79 Å². The minimum atomic E-state index is -0.796. The van der Waals surface area contributed by atoms with E-state index < -0.39 is 11.9 Å². The number of piperidine rings is 1. The Balaban J connectivity index is 1.82. The molecular formula is C16H28N2O3. The van der Waals surface area contributed by atoms with Crippen LogP contribution in [0, 0.1) is 23.2 Å². The van der Waals surface area contributed by atoms with Crippen LogP contribution in [0.4, 0.5) is 4.79 Å². The number of carbonyl (C=O) groups is 2. The third kappa shape index (κ3) is 3.89. The molecule has 2 fully saturated rings. The molecular weight excluding hydrogens is 268 g/mol. The van der Waals surface area contributed by atoms with Crippen molar-refractivity contribution in [1.29, 1.82) is 0 Å². The van der Waals surface area contributed by atoms with Crippen LogP contribution in [0.5, 0.6) is 0 Å². The second-order valence-electron chi connectivity index (χ2n) is 7.96. The first kappa shape index (κ1) is 16.1. The van der Waals surface area contributed by atoms with E-state index in [1.165, 1.54) is 0 Å². The lowest BCUT2D eigenvalue weighted by Crippen LogP contribution is -2.55. The van der Waals surface area contributed by atoms with E-state index in [4.69, 9.17) is 5.11 Å². The average Bonchev–Trinajstić information content (AvgIpc) is 2.30. The Morgan fingerprint density at radius 1 is 1.14 bits per heavy atom. The van der Waals surface area contributed by atoms with Gasteiger partial charge in [0.2, 0.25) is 0 Å². The predicted octanol–water partition coefficient (Wildman–Crippen LogP) is 2.56. The van der Waals surface area contributed by atoms with E-state index in [-0.39, 0.29) is 18.0 Å². The van der Waals surface area contributed by atoms with Gasteiger partial charge in [0.15, 0.2) is 0 Å². The Labute approximate surface area is 127 Å². The minimum absolute atomic E-state index is 0.0924. The molecule has 5 nitrogen and oxygen atoms in total. The minimum Gasteiger partial charge on any atom is -0.481 e. The van der Waals surface area contributed by atoms with Gasteiger partial charge in [0.1, 0.15) is 0 Å². The number of rotatable bonds is 2. The van der Waals surface area contributed by atoms with Crippen LogP contribution in [0.25, 0.3) is 0 Å². The summed E-state index contributed by atoms with van der Waals surface area (Å²) in [4.78, 5) is 25.1. The SMILES string of the molecule is CC1CC(C(=O)O)CN(C(=O)NC2CC(C(C)(C)C)C2)C1. The number of amides is 2. The van der Waals surface area contributed by atoms with Crippen molar-refractivity contribution in [1.82, 2.24) is 10.2 Å². The molecule has 1 heterocycles. The summed E-state index contributed by atoms with van der Waals surface area (Å²) in [6.07, 6.45) is 2.72. The van der Waals surface area contributed by atoms with Crippen molar-refractivity contribution in [2.24, 2.45) is 23.2 Å². The first-order valence-corrected chi connectivity index (χ1v) is 7.95. The third-order valence-corrected chi connectivity index (χ3v) is 4.99. The van der Waals surface area contributed by atoms with Crippen LogP contribution in [0.3, 0.4) is 0 Å². The van der Waals surface area contributed by atoms with E-state index in [1.807, 2.05) is 6.92 Å². The van der Waals surface area contributed by atoms with Gasteiger partial charge in [0.25, 0.3) is 0 Å². The molecule has 0 aromatic carbocycles. The zero-order valence-corrected chi connectivity index (χ0v) is 13.6. The maximum atomic E-state index is 12.3. The lowest BCUT2D eigenvalue weighted by Gasteiger charge is -2.45. The quantitative estimate of drug-likeness (QED) is 0.823. The Morgan fingerprint density at radius 2 is 1.76 bits per heavy atom. The molecule has 2 amide bonds. The Hall–Kier alpha value is -1.26. The van der Waals surface area contributed by atoms with E-state index in [9.17, 15) is 9.59 Å². The predicted molar refractivity (Wildman–Crippen MR) is 81.0 cm³/mol. The number of nitrogens with zero attached hydrogens (tertiary/aromatic N) is 1. The first-order valence-electron chi connectivity index (χ1n) is 7.95. The lowest BCUT2D eigenvalue weighted by atomic mass is 9.66. The fourth-order valence-electron chi connectivity index (χ4n) is 3.41. The topological polar surface area (TPSA) is 69.6 Å². The second-order valence-corrected chi connectivity index (χ2v) is 7.96. The van der Waals surface area contributed by atoms with E-state index in [0.29, 0.717) is 30.8 Å². The standard InChI is InChI=1S/C16H28N2O3/c1-10-5-11(14(19)20)9-18(8-10)15(21)17-13-6-12(7-13)16(2,3)4/h10-13H,5-9H2,1-4H3,(H,17,21)(H,19,20). The van der Waals surface area contributed by atoms with Crippen molar-refractivity contribution in [3.63, 3.8) is 0 Å². The maximum Gasteiger partial charge on any atom is 0.317 e. The van der Waals surface area contributed by atoms with Crippen molar-refractivity contribution in [3.05, 3.63) is 0 Å². The van der Waals surface area contributed by atoms with E-state index in [1.54, 1.807) is 4.90 Å². The maximum absolute atomic E-state index is 12.3. The van der Waals surface area contributed by atoms with Crippen molar-refractivity contribution in [3.8, 4) is 0 Å². The van der Waals surface area contributed by atoms with Crippen LogP contribution >= 0.6 is 0 Å². The second kappa shape index (κ2) is 5.85. The fraction of sp³-hybridized carbons (Fsp3) is 0.875. The summed E-state index contributed by atoms with van der Waals surface area (Å²) in [6.45, 7) is 9.71. The molecule has 120 valence electrons. The Kier molecular flexibility index (Phi) is 4.49. The van der Waals surface area contributed by atoms with Gasteiger partial charge in [-0.05, 0) is 36.5 Å². The number of hydrogen-bond acceptors (Lipinski definition) is 2. The van der Waals surface area contributed by atoms with E-state index in [0.717, 1.165) is 12.8 Å². The van der Waals surface area contributed by atoms with Crippen LogP contribution in [0.1, 0.15) is 47.0 Å². The molecule has 0 bridgehead atoms. The van der Waals surface area contributed by atoms with Gasteiger partial charge in [0, 0.05) is 19.1 Å². The first-order chi connectivity index (χ1) is 9.66. The van der Waals surface area contributed by atoms with Gasteiger partial charge in [-0.2, -0.15) is 0 Å². The van der Waals surface area contributed by atoms with Crippen molar-refractivity contribution in [2.75, 3.05) is 13.1 Å². The highest BCUT2D eigenvalue weighted by Gasteiger charge is 2.39. The molecule has 2 N–H and O–H groups in total. The number of carbonyl (C=O) groups excluding carboxylic acids is 1. The zero-order chi connectivity index (χ0) is 15.8. The Morgan fingerprint density at radius 3 is 2.29 bits per heavy atom. The number of carboxylic acid groups (broad SMARTS) is 1. The summed E-state index contributed by atoms with van der Waals surface area (Å²) in [5.41, 5.74) is 0.301. The molecule has 5 heteroatoms. The molecule has 2 atom stereocenters. The highest BCUT2D eigenvalue weighted by atomic mass is 16.4. The summed E-state index contributed by atoms with van der Waals surface area (Å²) < 4.78 is 0.